The largest absolute Gasteiger partial charge is 0.492 e. The SMILES string of the molecule is C[C@@H]1CN(CC(=O)Nc2cccc(NC3CCC(=O)NC3=O)c2)[C@H](C)CN1CCOc1ccc(N2[C@@H](S)N(c3ccc(C#N)c(C(F)(F)F)c3)C(=O)C2(C)C)cc1C1CC1. The van der Waals surface area contributed by atoms with E-state index in [4.69, 9.17) is 17.4 Å². The first kappa shape index (κ1) is 42.8. The van der Waals surface area contributed by atoms with Crippen molar-refractivity contribution in [3.63, 3.8) is 0 Å². The molecule has 3 aliphatic heterocycles. The second kappa shape index (κ2) is 17.0. The highest BCUT2D eigenvalue weighted by Crippen LogP contribution is 2.48. The maximum atomic E-state index is 13.8. The molecule has 0 aromatic heterocycles. The monoisotopic (exact) mass is 846 g/mol. The fourth-order valence-corrected chi connectivity index (χ4v) is 9.00. The summed E-state index contributed by atoms with van der Waals surface area (Å²) in [6, 6.07) is 17.4. The maximum Gasteiger partial charge on any atom is 0.417 e. The molecule has 1 saturated carbocycles. The second-order valence-electron chi connectivity index (χ2n) is 16.5. The lowest BCUT2D eigenvalue weighted by Crippen LogP contribution is -2.58. The van der Waals surface area contributed by atoms with E-state index in [1.165, 1.54) is 11.0 Å². The van der Waals surface area contributed by atoms with Crippen molar-refractivity contribution in [3.05, 3.63) is 77.4 Å². The van der Waals surface area contributed by atoms with E-state index in [1.807, 2.05) is 18.2 Å². The molecule has 4 amide bonds. The van der Waals surface area contributed by atoms with Crippen LogP contribution in [-0.4, -0.2) is 95.4 Å². The first-order chi connectivity index (χ1) is 28.4. The van der Waals surface area contributed by atoms with Crippen LogP contribution in [-0.2, 0) is 25.4 Å². The molecule has 3 aromatic carbocycles. The Morgan fingerprint density at radius 1 is 0.967 bits per heavy atom. The summed E-state index contributed by atoms with van der Waals surface area (Å²) < 4.78 is 48.0. The number of imide groups is 1. The number of nitriles is 1. The van der Waals surface area contributed by atoms with Gasteiger partial charge in [-0.25, -0.2) is 0 Å². The highest BCUT2D eigenvalue weighted by Gasteiger charge is 2.52. The minimum atomic E-state index is -4.78. The topological polar surface area (TPSA) is 150 Å². The smallest absolute Gasteiger partial charge is 0.417 e. The van der Waals surface area contributed by atoms with E-state index >= 15 is 0 Å². The molecule has 4 atom stereocenters. The Morgan fingerprint density at radius 2 is 1.67 bits per heavy atom. The molecule has 1 unspecified atom stereocenters. The zero-order chi connectivity index (χ0) is 43.1. The quantitative estimate of drug-likeness (QED) is 0.128. The van der Waals surface area contributed by atoms with E-state index in [-0.39, 0.29) is 54.4 Å². The van der Waals surface area contributed by atoms with E-state index < -0.39 is 40.3 Å². The number of benzene rings is 3. The van der Waals surface area contributed by atoms with Gasteiger partial charge in [-0.3, -0.25) is 39.2 Å². The number of ether oxygens (including phenoxy) is 1. The molecule has 0 spiro atoms. The Morgan fingerprint density at radius 3 is 2.37 bits per heavy atom. The van der Waals surface area contributed by atoms with Gasteiger partial charge < -0.3 is 20.3 Å². The zero-order valence-electron chi connectivity index (χ0n) is 33.9. The fourth-order valence-electron chi connectivity index (χ4n) is 8.34. The van der Waals surface area contributed by atoms with Crippen LogP contribution in [0.3, 0.4) is 0 Å². The summed E-state index contributed by atoms with van der Waals surface area (Å²) >= 11 is 4.77. The van der Waals surface area contributed by atoms with Gasteiger partial charge in [-0.1, -0.05) is 6.07 Å². The molecule has 13 nitrogen and oxygen atoms in total. The van der Waals surface area contributed by atoms with Crippen LogP contribution in [0.25, 0.3) is 0 Å². The average Bonchev–Trinajstić information content (AvgIpc) is 4.01. The number of hydrogen-bond donors (Lipinski definition) is 4. The number of rotatable bonds is 12. The Bertz CT molecular complexity index is 2210. The van der Waals surface area contributed by atoms with Crippen molar-refractivity contribution in [1.82, 2.24) is 15.1 Å². The summed E-state index contributed by atoms with van der Waals surface area (Å²) in [5.41, 5.74) is -0.751. The number of carbonyl (C=O) groups excluding carboxylic acids is 4. The Kier molecular flexibility index (Phi) is 12.1. The van der Waals surface area contributed by atoms with Crippen molar-refractivity contribution in [3.8, 4) is 11.8 Å². The Labute approximate surface area is 352 Å². The molecule has 17 heteroatoms. The molecule has 1 aliphatic carbocycles. The third kappa shape index (κ3) is 9.05. The molecule has 3 aromatic rings. The zero-order valence-corrected chi connectivity index (χ0v) is 34.8. The Balaban J connectivity index is 0.946. The van der Waals surface area contributed by atoms with E-state index in [2.05, 4.69) is 39.6 Å². The van der Waals surface area contributed by atoms with Gasteiger partial charge >= 0.3 is 6.18 Å². The molecule has 4 fully saturated rings. The molecule has 3 heterocycles. The molecular formula is C43H49F3N8O5S. The van der Waals surface area contributed by atoms with Crippen molar-refractivity contribution < 1.29 is 37.1 Å². The Hall–Kier alpha value is -5.31. The number of anilines is 4. The summed E-state index contributed by atoms with van der Waals surface area (Å²) in [6.45, 7) is 10.4. The lowest BCUT2D eigenvalue weighted by molar-refractivity contribution is -0.138. The van der Waals surface area contributed by atoms with Gasteiger partial charge in [-0.15, -0.1) is 12.6 Å². The molecule has 318 valence electrons. The third-order valence-electron chi connectivity index (χ3n) is 11.8. The van der Waals surface area contributed by atoms with Gasteiger partial charge in [0.1, 0.15) is 23.9 Å². The minimum absolute atomic E-state index is 0.000723. The molecular weight excluding hydrogens is 798 g/mol. The maximum absolute atomic E-state index is 13.8. The van der Waals surface area contributed by atoms with E-state index in [1.54, 1.807) is 49.1 Å². The third-order valence-corrected chi connectivity index (χ3v) is 12.2. The lowest BCUT2D eigenvalue weighted by Gasteiger charge is -2.43. The number of piperazine rings is 1. The first-order valence-corrected chi connectivity index (χ1v) is 20.6. The summed E-state index contributed by atoms with van der Waals surface area (Å²) in [4.78, 5) is 58.2. The second-order valence-corrected chi connectivity index (χ2v) is 17.0. The fraction of sp³-hybridized carbons (Fsp3) is 0.465. The van der Waals surface area contributed by atoms with Crippen molar-refractivity contribution in [2.24, 2.45) is 0 Å². The van der Waals surface area contributed by atoms with Gasteiger partial charge in [-0.2, -0.15) is 18.4 Å². The van der Waals surface area contributed by atoms with E-state index in [9.17, 15) is 37.6 Å². The number of hydrogen-bond acceptors (Lipinski definition) is 11. The number of thiol groups is 1. The van der Waals surface area contributed by atoms with Gasteiger partial charge in [-0.05, 0) is 113 Å². The van der Waals surface area contributed by atoms with Crippen LogP contribution in [0.2, 0.25) is 0 Å². The van der Waals surface area contributed by atoms with Gasteiger partial charge in [0.25, 0.3) is 5.91 Å². The van der Waals surface area contributed by atoms with Crippen LogP contribution < -0.4 is 30.5 Å². The van der Waals surface area contributed by atoms with Gasteiger partial charge in [0, 0.05) is 60.9 Å². The molecule has 0 bridgehead atoms. The average molecular weight is 847 g/mol. The van der Waals surface area contributed by atoms with Gasteiger partial charge in [0.05, 0.1) is 23.7 Å². The van der Waals surface area contributed by atoms with Crippen LogP contribution in [0.5, 0.6) is 5.75 Å². The van der Waals surface area contributed by atoms with Crippen LogP contribution in [0.1, 0.15) is 76.0 Å². The molecule has 4 aliphatic rings. The first-order valence-electron chi connectivity index (χ1n) is 20.1. The molecule has 60 heavy (non-hydrogen) atoms. The van der Waals surface area contributed by atoms with E-state index in [0.29, 0.717) is 43.2 Å². The number of alkyl halides is 3. The summed E-state index contributed by atoms with van der Waals surface area (Å²) in [5, 5.41) is 17.7. The minimum Gasteiger partial charge on any atom is -0.492 e. The predicted octanol–water partition coefficient (Wildman–Crippen LogP) is 5.93. The molecule has 7 rings (SSSR count). The summed E-state index contributed by atoms with van der Waals surface area (Å²) in [7, 11) is 0. The number of piperidine rings is 1. The lowest BCUT2D eigenvalue weighted by atomic mass is 10.0. The standard InChI is InChI=1S/C43H49F3N8O5S/c1-25-23-52(24-38(56)49-30-7-5-6-29(18-30)48-35-13-15-37(55)50-39(35)57)26(2)22-51(25)16-17-59-36-14-12-32(19-33(36)27-8-9-27)54-41(60)53(40(58)42(54,3)4)31-11-10-28(21-47)34(20-31)43(44,45)46/h5-7,10-12,14,18-20,25-27,35,41,48,60H,8-9,13,15-17,22-24H2,1-4H3,(H,49,56)(H,50,55,57)/t25-,26-,35?,41+/m1/s1. The van der Waals surface area contributed by atoms with Crippen molar-refractivity contribution in [2.75, 3.05) is 53.2 Å². The highest BCUT2D eigenvalue weighted by molar-refractivity contribution is 7.81. The molecule has 0 radical (unpaired) electrons. The van der Waals surface area contributed by atoms with Crippen LogP contribution in [0.4, 0.5) is 35.9 Å². The summed E-state index contributed by atoms with van der Waals surface area (Å²) in [6.07, 6.45) is -2.14. The number of amides is 4. The van der Waals surface area contributed by atoms with Crippen molar-refractivity contribution in [1.29, 1.82) is 5.26 Å². The number of nitrogens with zero attached hydrogens (tertiary/aromatic N) is 5. The highest BCUT2D eigenvalue weighted by atomic mass is 32.1. The van der Waals surface area contributed by atoms with Gasteiger partial charge in [0.15, 0.2) is 5.50 Å². The van der Waals surface area contributed by atoms with Crippen molar-refractivity contribution in [2.45, 2.75) is 94.6 Å². The number of nitrogens with one attached hydrogen (secondary N) is 3. The molecule has 3 N–H and O–H groups in total. The summed E-state index contributed by atoms with van der Waals surface area (Å²) in [5.74, 6) is -0.203. The van der Waals surface area contributed by atoms with Crippen LogP contribution in [0.15, 0.2) is 60.7 Å². The van der Waals surface area contributed by atoms with Crippen LogP contribution >= 0.6 is 12.6 Å². The van der Waals surface area contributed by atoms with Crippen LogP contribution in [0, 0.1) is 11.3 Å². The predicted molar refractivity (Wildman–Crippen MR) is 224 cm³/mol. The van der Waals surface area contributed by atoms with E-state index in [0.717, 1.165) is 42.8 Å². The normalized spacial score (nSPS) is 23.6. The number of carbonyl (C=O) groups is 4. The molecule has 3 saturated heterocycles. The number of halogens is 3. The van der Waals surface area contributed by atoms with Crippen molar-refractivity contribution >= 4 is 59.0 Å². The van der Waals surface area contributed by atoms with Gasteiger partial charge in [0.2, 0.25) is 17.7 Å².